The van der Waals surface area contributed by atoms with E-state index in [0.717, 1.165) is 25.8 Å². The molecule has 1 aromatic carbocycles. The van der Waals surface area contributed by atoms with E-state index in [-0.39, 0.29) is 12.0 Å². The number of hydrogen-bond donors (Lipinski definition) is 2. The summed E-state index contributed by atoms with van der Waals surface area (Å²) in [6.07, 6.45) is 4.99. The van der Waals surface area contributed by atoms with Crippen molar-refractivity contribution in [3.63, 3.8) is 0 Å². The van der Waals surface area contributed by atoms with Crippen molar-refractivity contribution in [2.24, 2.45) is 5.41 Å². The quantitative estimate of drug-likeness (QED) is 0.467. The number of benzene rings is 1. The third kappa shape index (κ3) is 4.93. The zero-order valence-corrected chi connectivity index (χ0v) is 21.0. The molecule has 0 aliphatic carbocycles. The smallest absolute Gasteiger partial charge is 0.321 e. The van der Waals surface area contributed by atoms with E-state index in [2.05, 4.69) is 46.4 Å². The number of fused-ring (bicyclic) bond motifs is 1. The number of nitrogens with zero attached hydrogens (tertiary/aromatic N) is 4. The molecular weight excluding hydrogens is 508 g/mol. The first-order valence-corrected chi connectivity index (χ1v) is 12.2. The number of amides is 2. The van der Waals surface area contributed by atoms with Crippen LogP contribution >= 0.6 is 27.3 Å². The fourth-order valence-corrected chi connectivity index (χ4v) is 5.34. The predicted molar refractivity (Wildman–Crippen MR) is 133 cm³/mol. The lowest BCUT2D eigenvalue weighted by atomic mass is 9.80. The average molecular weight is 533 g/mol. The minimum absolute atomic E-state index is 0.161. The summed E-state index contributed by atoms with van der Waals surface area (Å²) in [5.74, 6) is 0.485. The van der Waals surface area contributed by atoms with Gasteiger partial charge in [-0.3, -0.25) is 10.1 Å². The van der Waals surface area contributed by atoms with Gasteiger partial charge in [-0.15, -0.1) is 0 Å². The normalized spacial score (nSPS) is 15.3. The molecule has 3 aromatic rings. The summed E-state index contributed by atoms with van der Waals surface area (Å²) in [5, 5.41) is 5.99. The number of hydrogen-bond acceptors (Lipinski definition) is 8. The standard InChI is InChI=1S/C22H25BrN6O3S/c1-4-24-20(31)28-21-27-16-10-13(9-15(23)17(16)33-21)14-11-25-19(26-12-14)29-7-5-22(2,6-8-29)18(30)32-3/h9-12H,4-8H2,1-3H3,(H2,24,27,28,31). The monoisotopic (exact) mass is 532 g/mol. The number of nitrogens with one attached hydrogen (secondary N) is 2. The van der Waals surface area contributed by atoms with Crippen molar-refractivity contribution in [1.29, 1.82) is 0 Å². The molecule has 2 amide bonds. The molecule has 0 spiro atoms. The highest BCUT2D eigenvalue weighted by molar-refractivity contribution is 9.10. The Morgan fingerprint density at radius 2 is 1.91 bits per heavy atom. The number of halogens is 1. The van der Waals surface area contributed by atoms with Gasteiger partial charge in [-0.05, 0) is 60.3 Å². The molecule has 1 aliphatic rings. The number of urea groups is 1. The number of methoxy groups -OCH3 is 1. The van der Waals surface area contributed by atoms with Gasteiger partial charge in [-0.1, -0.05) is 11.3 Å². The van der Waals surface area contributed by atoms with Gasteiger partial charge in [0.05, 0.1) is 22.7 Å². The molecule has 0 bridgehead atoms. The van der Waals surface area contributed by atoms with E-state index in [4.69, 9.17) is 4.74 Å². The molecular formula is C22H25BrN6O3S. The molecule has 9 nitrogen and oxygen atoms in total. The average Bonchev–Trinajstić information content (AvgIpc) is 3.22. The van der Waals surface area contributed by atoms with Crippen LogP contribution in [-0.2, 0) is 9.53 Å². The summed E-state index contributed by atoms with van der Waals surface area (Å²) in [5.41, 5.74) is 2.11. The lowest BCUT2D eigenvalue weighted by molar-refractivity contribution is -0.152. The molecule has 0 radical (unpaired) electrons. The second kappa shape index (κ2) is 9.60. The van der Waals surface area contributed by atoms with Crippen LogP contribution < -0.4 is 15.5 Å². The summed E-state index contributed by atoms with van der Waals surface area (Å²) < 4.78 is 6.79. The SMILES string of the molecule is CCNC(=O)Nc1nc2cc(-c3cnc(N4CCC(C)(C(=O)OC)CC4)nc3)cc(Br)c2s1. The molecule has 2 aromatic heterocycles. The lowest BCUT2D eigenvalue weighted by Crippen LogP contribution is -2.43. The third-order valence-electron chi connectivity index (χ3n) is 5.80. The van der Waals surface area contributed by atoms with Gasteiger partial charge < -0.3 is 15.0 Å². The molecule has 4 rings (SSSR count). The van der Waals surface area contributed by atoms with Gasteiger partial charge in [-0.2, -0.15) is 0 Å². The summed E-state index contributed by atoms with van der Waals surface area (Å²) in [6, 6.07) is 3.68. The van der Waals surface area contributed by atoms with Crippen molar-refractivity contribution in [2.75, 3.05) is 37.0 Å². The van der Waals surface area contributed by atoms with E-state index < -0.39 is 5.41 Å². The second-order valence-corrected chi connectivity index (χ2v) is 9.97. The number of aromatic nitrogens is 3. The van der Waals surface area contributed by atoms with E-state index in [1.54, 1.807) is 12.4 Å². The number of esters is 1. The van der Waals surface area contributed by atoms with Gasteiger partial charge in [0, 0.05) is 42.1 Å². The van der Waals surface area contributed by atoms with Crippen LogP contribution in [-0.4, -0.2) is 53.7 Å². The molecule has 0 saturated carbocycles. The molecule has 1 fully saturated rings. The van der Waals surface area contributed by atoms with Crippen LogP contribution in [0.4, 0.5) is 15.9 Å². The highest BCUT2D eigenvalue weighted by atomic mass is 79.9. The Bertz CT molecular complexity index is 1170. The third-order valence-corrected chi connectivity index (χ3v) is 7.71. The zero-order chi connectivity index (χ0) is 23.6. The molecule has 11 heteroatoms. The Morgan fingerprint density at radius 3 is 2.55 bits per heavy atom. The molecule has 0 unspecified atom stereocenters. The molecule has 0 atom stereocenters. The van der Waals surface area contributed by atoms with Crippen molar-refractivity contribution in [2.45, 2.75) is 26.7 Å². The Labute approximate surface area is 204 Å². The molecule has 2 N–H and O–H groups in total. The van der Waals surface area contributed by atoms with Crippen molar-refractivity contribution >= 4 is 60.6 Å². The van der Waals surface area contributed by atoms with Crippen molar-refractivity contribution in [3.05, 3.63) is 29.0 Å². The van der Waals surface area contributed by atoms with Gasteiger partial charge in [0.15, 0.2) is 5.13 Å². The van der Waals surface area contributed by atoms with Gasteiger partial charge in [-0.25, -0.2) is 19.7 Å². The fourth-order valence-electron chi connectivity index (χ4n) is 3.80. The number of carbonyl (C=O) groups excluding carboxylic acids is 2. The number of rotatable bonds is 5. The molecule has 33 heavy (non-hydrogen) atoms. The fraction of sp³-hybridized carbons (Fsp3) is 0.409. The van der Waals surface area contributed by atoms with Crippen LogP contribution in [0.1, 0.15) is 26.7 Å². The van der Waals surface area contributed by atoms with E-state index in [1.165, 1.54) is 18.4 Å². The zero-order valence-electron chi connectivity index (χ0n) is 18.6. The predicted octanol–water partition coefficient (Wildman–Crippen LogP) is 4.44. The molecule has 1 saturated heterocycles. The van der Waals surface area contributed by atoms with E-state index in [0.29, 0.717) is 43.6 Å². The Kier molecular flexibility index (Phi) is 6.80. The first-order chi connectivity index (χ1) is 15.8. The van der Waals surface area contributed by atoms with Gasteiger partial charge in [0.2, 0.25) is 5.95 Å². The lowest BCUT2D eigenvalue weighted by Gasteiger charge is -2.37. The largest absolute Gasteiger partial charge is 0.469 e. The van der Waals surface area contributed by atoms with Crippen LogP contribution in [0.5, 0.6) is 0 Å². The highest BCUT2D eigenvalue weighted by Gasteiger charge is 2.38. The highest BCUT2D eigenvalue weighted by Crippen LogP contribution is 2.37. The van der Waals surface area contributed by atoms with E-state index >= 15 is 0 Å². The van der Waals surface area contributed by atoms with Gasteiger partial charge >= 0.3 is 12.0 Å². The maximum Gasteiger partial charge on any atom is 0.321 e. The van der Waals surface area contributed by atoms with Gasteiger partial charge in [0.25, 0.3) is 0 Å². The second-order valence-electron chi connectivity index (χ2n) is 8.12. The Morgan fingerprint density at radius 1 is 1.21 bits per heavy atom. The van der Waals surface area contributed by atoms with E-state index in [1.807, 2.05) is 26.0 Å². The number of piperidine rings is 1. The first kappa shape index (κ1) is 23.4. The number of ether oxygens (including phenoxy) is 1. The van der Waals surface area contributed by atoms with Crippen molar-refractivity contribution in [1.82, 2.24) is 20.3 Å². The Balaban J connectivity index is 1.50. The van der Waals surface area contributed by atoms with Crippen LogP contribution in [0, 0.1) is 5.41 Å². The summed E-state index contributed by atoms with van der Waals surface area (Å²) >= 11 is 5.02. The summed E-state index contributed by atoms with van der Waals surface area (Å²) in [7, 11) is 1.43. The minimum atomic E-state index is -0.453. The number of anilines is 2. The minimum Gasteiger partial charge on any atom is -0.469 e. The maximum atomic E-state index is 12.0. The van der Waals surface area contributed by atoms with Crippen LogP contribution in [0.3, 0.4) is 0 Å². The maximum absolute atomic E-state index is 12.0. The van der Waals surface area contributed by atoms with Crippen LogP contribution in [0.2, 0.25) is 0 Å². The number of thiazole rings is 1. The summed E-state index contributed by atoms with van der Waals surface area (Å²) in [6.45, 7) is 5.75. The number of carbonyl (C=O) groups is 2. The van der Waals surface area contributed by atoms with Crippen LogP contribution in [0.25, 0.3) is 21.3 Å². The van der Waals surface area contributed by atoms with Crippen molar-refractivity contribution in [3.8, 4) is 11.1 Å². The van der Waals surface area contributed by atoms with Crippen molar-refractivity contribution < 1.29 is 14.3 Å². The molecule has 174 valence electrons. The molecule has 1 aliphatic heterocycles. The van der Waals surface area contributed by atoms with Gasteiger partial charge in [0.1, 0.15) is 0 Å². The Hall–Kier alpha value is -2.79. The van der Waals surface area contributed by atoms with Crippen LogP contribution in [0.15, 0.2) is 29.0 Å². The van der Waals surface area contributed by atoms with E-state index in [9.17, 15) is 9.59 Å². The summed E-state index contributed by atoms with van der Waals surface area (Å²) in [4.78, 5) is 39.6. The topological polar surface area (TPSA) is 109 Å². The first-order valence-electron chi connectivity index (χ1n) is 10.6. The molecule has 3 heterocycles.